The van der Waals surface area contributed by atoms with E-state index in [0.29, 0.717) is 11.2 Å². The summed E-state index contributed by atoms with van der Waals surface area (Å²) in [4.78, 5) is 6.80. The van der Waals surface area contributed by atoms with Crippen LogP contribution in [0.3, 0.4) is 0 Å². The van der Waals surface area contributed by atoms with Crippen LogP contribution < -0.4 is 4.90 Å². The second-order valence-corrected chi connectivity index (χ2v) is 5.44. The zero-order chi connectivity index (χ0) is 11.8. The SMILES string of the molecule is Cc1nc(N2CCC3CCCCC32)nnc1Cl. The Kier molecular flexibility index (Phi) is 2.90. The first-order valence-electron chi connectivity index (χ1n) is 6.39. The van der Waals surface area contributed by atoms with Crippen molar-refractivity contribution < 1.29 is 0 Å². The van der Waals surface area contributed by atoms with Crippen LogP contribution in [0.1, 0.15) is 37.8 Å². The lowest BCUT2D eigenvalue weighted by Gasteiger charge is -2.31. The Labute approximate surface area is 106 Å². The Morgan fingerprint density at radius 3 is 2.82 bits per heavy atom. The third-order valence-corrected chi connectivity index (χ3v) is 4.41. The van der Waals surface area contributed by atoms with E-state index in [1.807, 2.05) is 6.92 Å². The molecule has 0 bridgehead atoms. The first-order chi connectivity index (χ1) is 8.25. The van der Waals surface area contributed by atoms with Gasteiger partial charge in [-0.1, -0.05) is 24.4 Å². The van der Waals surface area contributed by atoms with E-state index in [1.54, 1.807) is 0 Å². The maximum absolute atomic E-state index is 5.87. The average Bonchev–Trinajstić information content (AvgIpc) is 2.76. The topological polar surface area (TPSA) is 41.9 Å². The molecule has 0 aromatic carbocycles. The molecule has 2 atom stereocenters. The van der Waals surface area contributed by atoms with Crippen LogP contribution in [0.4, 0.5) is 5.95 Å². The number of aromatic nitrogens is 3. The highest BCUT2D eigenvalue weighted by Gasteiger charge is 2.37. The number of rotatable bonds is 1. The fourth-order valence-electron chi connectivity index (χ4n) is 3.16. The van der Waals surface area contributed by atoms with Crippen LogP contribution in [-0.2, 0) is 0 Å². The second kappa shape index (κ2) is 4.41. The van der Waals surface area contributed by atoms with E-state index in [9.17, 15) is 0 Å². The van der Waals surface area contributed by atoms with Crippen LogP contribution in [-0.4, -0.2) is 27.8 Å². The summed E-state index contributed by atoms with van der Waals surface area (Å²) in [7, 11) is 0. The predicted octanol–water partition coefficient (Wildman–Crippen LogP) is 2.60. The molecule has 2 heterocycles. The van der Waals surface area contributed by atoms with Crippen molar-refractivity contribution in [1.82, 2.24) is 15.2 Å². The van der Waals surface area contributed by atoms with Gasteiger partial charge in [-0.15, -0.1) is 10.2 Å². The maximum atomic E-state index is 5.87. The number of hydrogen-bond donors (Lipinski definition) is 0. The molecule has 0 spiro atoms. The second-order valence-electron chi connectivity index (χ2n) is 5.08. The van der Waals surface area contributed by atoms with Gasteiger partial charge in [0.15, 0.2) is 5.15 Å². The molecule has 2 fully saturated rings. The van der Waals surface area contributed by atoms with Gasteiger partial charge in [-0.25, -0.2) is 4.98 Å². The van der Waals surface area contributed by atoms with Crippen molar-refractivity contribution in [2.75, 3.05) is 11.4 Å². The normalized spacial score (nSPS) is 28.2. The Bertz CT molecular complexity index is 423. The van der Waals surface area contributed by atoms with Gasteiger partial charge in [0.2, 0.25) is 5.95 Å². The van der Waals surface area contributed by atoms with Gasteiger partial charge in [0.1, 0.15) is 0 Å². The molecule has 92 valence electrons. The molecule has 0 radical (unpaired) electrons. The quantitative estimate of drug-likeness (QED) is 0.771. The Hall–Kier alpha value is -0.900. The third kappa shape index (κ3) is 1.99. The summed E-state index contributed by atoms with van der Waals surface area (Å²) >= 11 is 5.87. The van der Waals surface area contributed by atoms with Crippen LogP contribution in [0.15, 0.2) is 0 Å². The van der Waals surface area contributed by atoms with Crippen molar-refractivity contribution in [2.45, 2.75) is 45.1 Å². The van der Waals surface area contributed by atoms with Gasteiger partial charge in [0.05, 0.1) is 5.69 Å². The zero-order valence-corrected chi connectivity index (χ0v) is 10.8. The van der Waals surface area contributed by atoms with Gasteiger partial charge >= 0.3 is 0 Å². The van der Waals surface area contributed by atoms with Gasteiger partial charge in [-0.3, -0.25) is 0 Å². The van der Waals surface area contributed by atoms with Crippen molar-refractivity contribution in [3.63, 3.8) is 0 Å². The molecular weight excluding hydrogens is 236 g/mol. The van der Waals surface area contributed by atoms with E-state index in [0.717, 1.165) is 24.1 Å². The summed E-state index contributed by atoms with van der Waals surface area (Å²) in [6.07, 6.45) is 6.62. The molecule has 1 aromatic rings. The van der Waals surface area contributed by atoms with Crippen LogP contribution in [0, 0.1) is 12.8 Å². The molecular formula is C12H17ClN4. The molecule has 1 saturated heterocycles. The van der Waals surface area contributed by atoms with Crippen molar-refractivity contribution in [3.8, 4) is 0 Å². The van der Waals surface area contributed by atoms with E-state index in [1.165, 1.54) is 32.1 Å². The van der Waals surface area contributed by atoms with E-state index in [2.05, 4.69) is 20.1 Å². The fourth-order valence-corrected chi connectivity index (χ4v) is 3.24. The Morgan fingerprint density at radius 1 is 1.18 bits per heavy atom. The predicted molar refractivity (Wildman–Crippen MR) is 67.3 cm³/mol. The molecule has 2 unspecified atom stereocenters. The van der Waals surface area contributed by atoms with Crippen LogP contribution in [0.2, 0.25) is 5.15 Å². The lowest BCUT2D eigenvalue weighted by Crippen LogP contribution is -2.36. The third-order valence-electron chi connectivity index (χ3n) is 4.06. The van der Waals surface area contributed by atoms with E-state index < -0.39 is 0 Å². The largest absolute Gasteiger partial charge is 0.336 e. The van der Waals surface area contributed by atoms with E-state index in [-0.39, 0.29) is 0 Å². The monoisotopic (exact) mass is 252 g/mol. The first kappa shape index (κ1) is 11.2. The zero-order valence-electron chi connectivity index (χ0n) is 10.1. The number of hydrogen-bond acceptors (Lipinski definition) is 4. The lowest BCUT2D eigenvalue weighted by molar-refractivity contribution is 0.340. The minimum absolute atomic E-state index is 0.410. The van der Waals surface area contributed by atoms with Crippen molar-refractivity contribution in [1.29, 1.82) is 0 Å². The standard InChI is InChI=1S/C12H17ClN4/c1-8-11(13)15-16-12(14-8)17-7-6-9-4-2-3-5-10(9)17/h9-10H,2-7H2,1H3. The number of fused-ring (bicyclic) bond motifs is 1. The number of aryl methyl sites for hydroxylation is 1. The molecule has 1 saturated carbocycles. The number of halogens is 1. The summed E-state index contributed by atoms with van der Waals surface area (Å²) < 4.78 is 0. The Balaban J connectivity index is 1.86. The Morgan fingerprint density at radius 2 is 2.00 bits per heavy atom. The highest BCUT2D eigenvalue weighted by Crippen LogP contribution is 2.37. The van der Waals surface area contributed by atoms with Gasteiger partial charge in [0.25, 0.3) is 0 Å². The summed E-state index contributed by atoms with van der Waals surface area (Å²) in [6, 6.07) is 0.631. The molecule has 1 aromatic heterocycles. The highest BCUT2D eigenvalue weighted by atomic mass is 35.5. The number of anilines is 1. The van der Waals surface area contributed by atoms with Gasteiger partial charge in [-0.05, 0) is 32.1 Å². The van der Waals surface area contributed by atoms with Crippen LogP contribution in [0.25, 0.3) is 0 Å². The molecule has 1 aliphatic carbocycles. The minimum atomic E-state index is 0.410. The van der Waals surface area contributed by atoms with E-state index in [4.69, 9.17) is 11.6 Å². The van der Waals surface area contributed by atoms with Gasteiger partial charge in [-0.2, -0.15) is 0 Å². The highest BCUT2D eigenvalue weighted by molar-refractivity contribution is 6.29. The number of nitrogens with zero attached hydrogens (tertiary/aromatic N) is 4. The molecule has 0 amide bonds. The van der Waals surface area contributed by atoms with Crippen molar-refractivity contribution in [2.24, 2.45) is 5.92 Å². The molecule has 0 N–H and O–H groups in total. The van der Waals surface area contributed by atoms with Crippen LogP contribution >= 0.6 is 11.6 Å². The fraction of sp³-hybridized carbons (Fsp3) is 0.750. The molecule has 17 heavy (non-hydrogen) atoms. The minimum Gasteiger partial charge on any atom is -0.336 e. The summed E-state index contributed by atoms with van der Waals surface area (Å²) in [5.74, 6) is 1.60. The smallest absolute Gasteiger partial charge is 0.245 e. The lowest BCUT2D eigenvalue weighted by atomic mass is 9.85. The van der Waals surface area contributed by atoms with Crippen molar-refractivity contribution >= 4 is 17.5 Å². The van der Waals surface area contributed by atoms with Gasteiger partial charge in [0, 0.05) is 12.6 Å². The summed E-state index contributed by atoms with van der Waals surface area (Å²) in [5.41, 5.74) is 0.774. The van der Waals surface area contributed by atoms with E-state index >= 15 is 0 Å². The molecule has 1 aliphatic heterocycles. The molecule has 2 aliphatic rings. The summed E-state index contributed by atoms with van der Waals surface area (Å²) in [6.45, 7) is 2.95. The molecule has 3 rings (SSSR count). The first-order valence-corrected chi connectivity index (χ1v) is 6.77. The maximum Gasteiger partial charge on any atom is 0.245 e. The molecule has 5 heteroatoms. The van der Waals surface area contributed by atoms with Gasteiger partial charge < -0.3 is 4.90 Å². The molecule has 4 nitrogen and oxygen atoms in total. The van der Waals surface area contributed by atoms with Crippen LogP contribution in [0.5, 0.6) is 0 Å². The average molecular weight is 253 g/mol. The van der Waals surface area contributed by atoms with Crippen molar-refractivity contribution in [3.05, 3.63) is 10.8 Å². The summed E-state index contributed by atoms with van der Waals surface area (Å²) in [5, 5.41) is 8.53.